The fraction of sp³-hybridized carbons (Fsp3) is 0.571. The van der Waals surface area contributed by atoms with Gasteiger partial charge in [-0.15, -0.1) is 0 Å². The largest absolute Gasteiger partial charge is 0.496 e. The van der Waals surface area contributed by atoms with Crippen LogP contribution >= 0.6 is 22.6 Å². The molecule has 17 heavy (non-hydrogen) atoms. The van der Waals surface area contributed by atoms with Gasteiger partial charge in [0.05, 0.1) is 19.3 Å². The number of benzene rings is 1. The lowest BCUT2D eigenvalue weighted by Gasteiger charge is -2.24. The molecule has 0 N–H and O–H groups in total. The fourth-order valence-corrected chi connectivity index (χ4v) is 2.22. The Hall–Kier alpha value is -0.290. The second kappa shape index (κ2) is 7.21. The average molecular weight is 348 g/mol. The van der Waals surface area contributed by atoms with Crippen molar-refractivity contribution in [2.75, 3.05) is 11.5 Å². The van der Waals surface area contributed by atoms with Gasteiger partial charge in [0.2, 0.25) is 0 Å². The first-order valence-corrected chi connectivity index (χ1v) is 7.47. The number of hydrogen-bond acceptors (Lipinski definition) is 2. The van der Waals surface area contributed by atoms with Crippen LogP contribution in [0.3, 0.4) is 0 Å². The van der Waals surface area contributed by atoms with Gasteiger partial charge in [-0.2, -0.15) is 0 Å². The minimum atomic E-state index is 0.101. The molecule has 2 nitrogen and oxygen atoms in total. The van der Waals surface area contributed by atoms with E-state index < -0.39 is 0 Å². The molecule has 0 fully saturated rings. The van der Waals surface area contributed by atoms with Crippen molar-refractivity contribution in [3.8, 4) is 5.75 Å². The predicted octanol–water partition coefficient (Wildman–Crippen LogP) is 4.23. The van der Waals surface area contributed by atoms with Crippen LogP contribution in [0.5, 0.6) is 5.75 Å². The van der Waals surface area contributed by atoms with Crippen LogP contribution < -0.4 is 4.74 Å². The molecule has 0 spiro atoms. The lowest BCUT2D eigenvalue weighted by Crippen LogP contribution is -2.20. The van der Waals surface area contributed by atoms with Crippen LogP contribution in [-0.4, -0.2) is 17.6 Å². The number of halogens is 1. The van der Waals surface area contributed by atoms with E-state index >= 15 is 0 Å². The average Bonchev–Trinajstić information content (AvgIpc) is 2.35. The van der Waals surface area contributed by atoms with Crippen molar-refractivity contribution >= 4 is 22.6 Å². The van der Waals surface area contributed by atoms with Gasteiger partial charge in [-0.1, -0.05) is 54.6 Å². The van der Waals surface area contributed by atoms with E-state index in [1.165, 1.54) is 0 Å². The van der Waals surface area contributed by atoms with Crippen molar-refractivity contribution < 1.29 is 9.47 Å². The Morgan fingerprint density at radius 1 is 1.18 bits per heavy atom. The molecule has 3 heteroatoms. The van der Waals surface area contributed by atoms with Gasteiger partial charge in [0.1, 0.15) is 5.75 Å². The third-order valence-corrected chi connectivity index (χ3v) is 3.74. The quantitative estimate of drug-likeness (QED) is 0.566. The van der Waals surface area contributed by atoms with E-state index in [9.17, 15) is 0 Å². The highest BCUT2D eigenvalue weighted by atomic mass is 127. The summed E-state index contributed by atoms with van der Waals surface area (Å²) < 4.78 is 12.4. The standard InChI is InChI=1S/C14H21IO2/c1-10(2)11(3)17-14(9-15)12-7-5-6-8-13(12)16-4/h5-8,10-11,14H,9H2,1-4H3. The maximum Gasteiger partial charge on any atom is 0.124 e. The lowest BCUT2D eigenvalue weighted by atomic mass is 10.1. The summed E-state index contributed by atoms with van der Waals surface area (Å²) in [6, 6.07) is 8.08. The normalized spacial score (nSPS) is 14.7. The van der Waals surface area contributed by atoms with Crippen LogP contribution in [0.25, 0.3) is 0 Å². The van der Waals surface area contributed by atoms with Crippen LogP contribution in [0.15, 0.2) is 24.3 Å². The van der Waals surface area contributed by atoms with Crippen LogP contribution in [0.1, 0.15) is 32.4 Å². The number of rotatable bonds is 6. The van der Waals surface area contributed by atoms with Crippen molar-refractivity contribution in [1.29, 1.82) is 0 Å². The molecular formula is C14H21IO2. The molecule has 0 saturated carbocycles. The monoisotopic (exact) mass is 348 g/mol. The van der Waals surface area contributed by atoms with Crippen LogP contribution in [0.2, 0.25) is 0 Å². The molecule has 2 atom stereocenters. The summed E-state index contributed by atoms with van der Waals surface area (Å²) in [4.78, 5) is 0. The summed E-state index contributed by atoms with van der Waals surface area (Å²) in [6.07, 6.45) is 0.351. The summed E-state index contributed by atoms with van der Waals surface area (Å²) in [5.41, 5.74) is 1.14. The SMILES string of the molecule is COc1ccccc1C(CI)OC(C)C(C)C. The highest BCUT2D eigenvalue weighted by Crippen LogP contribution is 2.30. The molecule has 0 aliphatic carbocycles. The number of para-hydroxylation sites is 1. The summed E-state index contributed by atoms with van der Waals surface area (Å²) in [7, 11) is 1.70. The zero-order chi connectivity index (χ0) is 12.8. The van der Waals surface area contributed by atoms with Gasteiger partial charge in [-0.25, -0.2) is 0 Å². The van der Waals surface area contributed by atoms with Gasteiger partial charge in [-0.05, 0) is 18.9 Å². The first kappa shape index (κ1) is 14.8. The minimum absolute atomic E-state index is 0.101. The van der Waals surface area contributed by atoms with Crippen molar-refractivity contribution in [1.82, 2.24) is 0 Å². The van der Waals surface area contributed by atoms with Gasteiger partial charge < -0.3 is 9.47 Å². The van der Waals surface area contributed by atoms with E-state index in [1.54, 1.807) is 7.11 Å². The Balaban J connectivity index is 2.86. The van der Waals surface area contributed by atoms with E-state index in [0.717, 1.165) is 15.7 Å². The summed E-state index contributed by atoms with van der Waals surface area (Å²) in [6.45, 7) is 6.48. The molecule has 1 aromatic carbocycles. The first-order valence-electron chi connectivity index (χ1n) is 5.94. The van der Waals surface area contributed by atoms with Gasteiger partial charge in [-0.3, -0.25) is 0 Å². The molecule has 1 rings (SSSR count). The summed E-state index contributed by atoms with van der Waals surface area (Å²) in [5, 5.41) is 0. The maximum absolute atomic E-state index is 6.10. The third kappa shape index (κ3) is 4.14. The minimum Gasteiger partial charge on any atom is -0.496 e. The van der Waals surface area contributed by atoms with Crippen LogP contribution in [-0.2, 0) is 4.74 Å². The van der Waals surface area contributed by atoms with Crippen molar-refractivity contribution in [3.05, 3.63) is 29.8 Å². The molecule has 96 valence electrons. The Morgan fingerprint density at radius 2 is 1.82 bits per heavy atom. The maximum atomic E-state index is 6.10. The Labute approximate surface area is 118 Å². The summed E-state index contributed by atoms with van der Waals surface area (Å²) >= 11 is 2.36. The lowest BCUT2D eigenvalue weighted by molar-refractivity contribution is -0.0143. The van der Waals surface area contributed by atoms with E-state index in [0.29, 0.717) is 5.92 Å². The third-order valence-electron chi connectivity index (χ3n) is 2.94. The molecule has 0 saturated heterocycles. The highest BCUT2D eigenvalue weighted by Gasteiger charge is 2.19. The van der Waals surface area contributed by atoms with Crippen LogP contribution in [0.4, 0.5) is 0 Å². The van der Waals surface area contributed by atoms with Gasteiger partial charge >= 0.3 is 0 Å². The molecule has 2 unspecified atom stereocenters. The number of hydrogen-bond donors (Lipinski definition) is 0. The molecule has 0 amide bonds. The van der Waals surface area contributed by atoms with Gasteiger partial charge in [0.15, 0.2) is 0 Å². The van der Waals surface area contributed by atoms with Crippen molar-refractivity contribution in [3.63, 3.8) is 0 Å². The van der Waals surface area contributed by atoms with Crippen molar-refractivity contribution in [2.24, 2.45) is 5.92 Å². The van der Waals surface area contributed by atoms with Gasteiger partial charge in [0, 0.05) is 9.99 Å². The topological polar surface area (TPSA) is 18.5 Å². The molecular weight excluding hydrogens is 327 g/mol. The van der Waals surface area contributed by atoms with Crippen LogP contribution in [0, 0.1) is 5.92 Å². The predicted molar refractivity (Wildman–Crippen MR) is 80.0 cm³/mol. The fourth-order valence-electron chi connectivity index (χ4n) is 1.54. The molecule has 0 radical (unpaired) electrons. The second-order valence-electron chi connectivity index (χ2n) is 4.47. The van der Waals surface area contributed by atoms with Gasteiger partial charge in [0.25, 0.3) is 0 Å². The molecule has 0 aromatic heterocycles. The Morgan fingerprint density at radius 3 is 2.35 bits per heavy atom. The smallest absolute Gasteiger partial charge is 0.124 e. The molecule has 0 bridgehead atoms. The molecule has 1 aromatic rings. The van der Waals surface area contributed by atoms with E-state index in [4.69, 9.17) is 9.47 Å². The number of alkyl halides is 1. The molecule has 0 aliphatic heterocycles. The van der Waals surface area contributed by atoms with E-state index in [2.05, 4.69) is 49.4 Å². The first-order chi connectivity index (χ1) is 8.10. The zero-order valence-electron chi connectivity index (χ0n) is 10.9. The van der Waals surface area contributed by atoms with E-state index in [-0.39, 0.29) is 12.2 Å². The molecule has 0 aliphatic rings. The summed E-state index contributed by atoms with van der Waals surface area (Å²) in [5.74, 6) is 1.43. The van der Waals surface area contributed by atoms with Crippen molar-refractivity contribution in [2.45, 2.75) is 33.0 Å². The van der Waals surface area contributed by atoms with E-state index in [1.807, 2.05) is 18.2 Å². The Bertz CT molecular complexity index is 339. The molecule has 0 heterocycles. The highest BCUT2D eigenvalue weighted by molar-refractivity contribution is 14.1. The zero-order valence-corrected chi connectivity index (χ0v) is 13.1. The number of methoxy groups -OCH3 is 1. The Kier molecular flexibility index (Phi) is 6.27. The number of ether oxygens (including phenoxy) is 2. The second-order valence-corrected chi connectivity index (χ2v) is 5.35.